The zero-order chi connectivity index (χ0) is 96.7. The minimum Gasteiger partial charge on any atom is -0.508 e. The second-order valence-corrected chi connectivity index (χ2v) is 42.1. The Kier molecular flexibility index (Phi) is 65.2. The van der Waals surface area contributed by atoms with Gasteiger partial charge in [0.05, 0.1) is 21.9 Å². The second kappa shape index (κ2) is 68.9. The predicted octanol–water partition coefficient (Wildman–Crippen LogP) is 30.4. The maximum absolute atomic E-state index is 9.84. The highest BCUT2D eigenvalue weighted by Crippen LogP contribution is 2.35. The monoisotopic (exact) mass is 2740 g/mol. The molecule has 19 N–H and O–H groups in total. The van der Waals surface area contributed by atoms with Gasteiger partial charge < -0.3 is 99.7 Å². The average molecular weight is 2750 g/mol. The number of aliphatic hydroxyl groups is 3. The Bertz CT molecular complexity index is 4900. The van der Waals surface area contributed by atoms with E-state index >= 15 is 0 Å². The normalized spacial score (nSPS) is 11.0. The summed E-state index contributed by atoms with van der Waals surface area (Å²) in [5, 5.41) is 161. The fourth-order valence-corrected chi connectivity index (χ4v) is 18.2. The zero-order valence-corrected chi connectivity index (χ0v) is 94.0. The molecule has 0 unspecified atom stereocenters. The van der Waals surface area contributed by atoms with Crippen molar-refractivity contribution in [3.05, 3.63) is 258 Å². The first-order valence-corrected chi connectivity index (χ1v) is 51.5. The van der Waals surface area contributed by atoms with Crippen LogP contribution in [0.1, 0.15) is 246 Å². The molecular weight excluding hydrogens is 2620 g/mol. The van der Waals surface area contributed by atoms with Crippen LogP contribution in [0, 0.1) is 73.7 Å². The largest absolute Gasteiger partial charge is 0.508 e. The molecule has 9 rings (SSSR count). The quantitative estimate of drug-likeness (QED) is 0.00999. The van der Waals surface area contributed by atoms with Crippen molar-refractivity contribution < 1.29 is 51.1 Å². The zero-order valence-electron chi connectivity index (χ0n) is 74.1. The molecule has 0 amide bonds. The van der Waals surface area contributed by atoms with Gasteiger partial charge in [-0.05, 0) is 552 Å². The molecule has 0 radical (unpaired) electrons. The van der Waals surface area contributed by atoms with Gasteiger partial charge in [0.25, 0.3) is 0 Å². The van der Waals surface area contributed by atoms with Gasteiger partial charge in [-0.25, -0.2) is 0 Å². The molecule has 0 bridgehead atoms. The summed E-state index contributed by atoms with van der Waals surface area (Å²) >= 11 is 25.6. The van der Waals surface area contributed by atoms with Crippen LogP contribution in [0.15, 0.2) is 183 Å². The first kappa shape index (κ1) is 121. The highest BCUT2D eigenvalue weighted by molar-refractivity contribution is 14.1. The van der Waals surface area contributed by atoms with Crippen LogP contribution in [0.25, 0.3) is 0 Å². The Morgan fingerprint density at radius 3 is 1.16 bits per heavy atom. The highest BCUT2D eigenvalue weighted by atomic mass is 131. The molecule has 0 aliphatic carbocycles. The van der Waals surface area contributed by atoms with E-state index in [2.05, 4.69) is 261 Å². The summed E-state index contributed by atoms with van der Waals surface area (Å²) in [4.78, 5) is 0. The minimum atomic E-state index is -0.647. The molecule has 0 saturated carbocycles. The average Bonchev–Trinajstić information content (AvgIpc) is 0.841. The van der Waals surface area contributed by atoms with Crippen LogP contribution in [0.4, 0.5) is 0 Å². The number of aromatic hydroxyl groups is 7. The van der Waals surface area contributed by atoms with Crippen molar-refractivity contribution in [2.75, 3.05) is 0 Å². The number of phenols is 7. The molecule has 0 aliphatic rings. The highest BCUT2D eigenvalue weighted by Gasteiger charge is 2.16. The molecule has 3 atom stereocenters. The van der Waals surface area contributed by atoms with E-state index in [1.807, 2.05) is 83.1 Å². The Morgan fingerprint density at radius 1 is 0.281 bits per heavy atom. The molecule has 19 nitrogen and oxygen atoms in total. The van der Waals surface area contributed by atoms with Crippen LogP contribution in [0.3, 0.4) is 0 Å². The van der Waals surface area contributed by atoms with Gasteiger partial charge in [-0.15, -0.1) is 0 Å². The first-order valence-electron chi connectivity index (χ1n) is 41.6. The van der Waals surface area contributed by atoms with E-state index in [1.165, 1.54) is 45.6 Å². The molecule has 128 heavy (non-hydrogen) atoms. The van der Waals surface area contributed by atoms with E-state index in [4.69, 9.17) is 48.7 Å². The van der Waals surface area contributed by atoms with Crippen molar-refractivity contribution in [1.82, 2.24) is 0 Å². The second-order valence-electron chi connectivity index (χ2n) is 31.0. The van der Waals surface area contributed by atoms with Crippen molar-refractivity contribution in [2.24, 2.45) is 0 Å². The number of benzene rings is 9. The summed E-state index contributed by atoms with van der Waals surface area (Å²) in [6.07, 6.45) is 18.1. The van der Waals surface area contributed by atoms with E-state index in [-0.39, 0.29) is 23.0 Å². The molecule has 29 heteroatoms. The SMILES string of the molecule is CC(=N)CCCc1cc(O)cc([131I])c1.CC(=N)CCCc1cc(O)ccc1[131I].CC(=N)CCCc1cc([131I])cc(O)c1O.CC(=N)CCCc1cc([131I])cc([131I])c1O.CC(=N)CCCc1ccc([131I])cc1.CC(=N)CCCc1cccc([131I])c1.CC(=N)CC[C@H](O)c1cc(O)cc([76Br])c1.CC(=N)CC[C@H](O)c1cc(O)ccc1[76Br].CC(=N)CC[C@H](O)c1ccccc1[76Br]. The summed E-state index contributed by atoms with van der Waals surface area (Å²) in [6, 6.07) is 52.8. The molecule has 0 fully saturated rings. The summed E-state index contributed by atoms with van der Waals surface area (Å²) in [7, 11) is 0. The summed E-state index contributed by atoms with van der Waals surface area (Å²) < 4.78 is 10.2. The van der Waals surface area contributed by atoms with Crippen LogP contribution in [0.5, 0.6) is 40.2 Å². The number of phenolic OH excluding ortho intramolecular Hbond substituents is 7. The van der Waals surface area contributed by atoms with Crippen LogP contribution in [-0.4, -0.2) is 102 Å². The van der Waals surface area contributed by atoms with Gasteiger partial charge in [0.2, 0.25) is 0 Å². The number of hydrogen-bond donors (Lipinski definition) is 19. The number of nitrogens with one attached hydrogen (secondary N) is 9. The van der Waals surface area contributed by atoms with Gasteiger partial charge in [0, 0.05) is 86.2 Å². The molecule has 0 aliphatic heterocycles. The maximum atomic E-state index is 9.84. The summed E-state index contributed by atoms with van der Waals surface area (Å²) in [5.41, 5.74) is 15.1. The number of rotatable bonds is 36. The fourth-order valence-electron chi connectivity index (χ4n) is 11.7. The van der Waals surface area contributed by atoms with Crippen molar-refractivity contribution >= 4 is 257 Å². The predicted molar refractivity (Wildman–Crippen MR) is 603 cm³/mol. The Morgan fingerprint density at radius 2 is 0.680 bits per heavy atom. The number of aryl methyl sites for hydroxylation is 6. The van der Waals surface area contributed by atoms with E-state index in [0.29, 0.717) is 102 Å². The van der Waals surface area contributed by atoms with Crippen LogP contribution >= 0.6 is 206 Å². The van der Waals surface area contributed by atoms with E-state index < -0.39 is 18.3 Å². The van der Waals surface area contributed by atoms with Crippen molar-refractivity contribution in [1.29, 1.82) is 48.7 Å². The van der Waals surface area contributed by atoms with Gasteiger partial charge >= 0.3 is 0 Å². The third-order valence-electron chi connectivity index (χ3n) is 18.3. The van der Waals surface area contributed by atoms with Gasteiger partial charge in [-0.1, -0.05) is 90.3 Å². The smallest absolute Gasteiger partial charge is 0.160 e. The number of hydrogen-bond acceptors (Lipinski definition) is 19. The summed E-state index contributed by atoms with van der Waals surface area (Å²) in [5.74, 6) is 1.23. The molecule has 9 aromatic rings. The minimum absolute atomic E-state index is 0.0296. The molecule has 0 heterocycles. The Labute approximate surface area is 879 Å². The topological polar surface area (TPSA) is 417 Å². The molecular formula is C99H125Br3I7N9O10. The molecule has 696 valence electrons. The number of halogens is 10. The van der Waals surface area contributed by atoms with Crippen LogP contribution in [-0.2, 0) is 38.5 Å². The molecule has 9 aromatic carbocycles. The van der Waals surface area contributed by atoms with Crippen molar-refractivity contribution in [3.63, 3.8) is 0 Å². The lowest BCUT2D eigenvalue weighted by molar-refractivity contribution is 0.168. The Balaban J connectivity index is 0.000000720. The van der Waals surface area contributed by atoms with Gasteiger partial charge in [0.15, 0.2) is 11.5 Å². The van der Waals surface area contributed by atoms with Crippen LogP contribution < -0.4 is 0 Å². The van der Waals surface area contributed by atoms with Crippen molar-refractivity contribution in [2.45, 2.75) is 235 Å². The molecule has 0 spiro atoms. The molecule has 0 aromatic heterocycles. The fraction of sp³-hybridized carbons (Fsp3) is 0.364. The van der Waals surface area contributed by atoms with Gasteiger partial charge in [-0.2, -0.15) is 0 Å². The standard InChI is InChI=1S/2C11H14BrNO2.C11H14BrNO.C11H13I2NO.C11H14INO2.2C11H14INO.2C11H14IN/c1-7(13)2-5-11(15)9-6-8(14)3-4-10(9)12;1-7(13)2-3-11(15)8-4-9(12)6-10(14)5-8;1-8(13)6-7-11(14)9-4-2-3-5-10(9)12;1-7(14)3-2-4-8-5-9(12)6-10(13)11(8)15;1-7(13)3-2-4-8-5-9(12)6-10(14)11(8)15;1-8(13)3-2-4-9-5-10(12)7-11(14)6-9;1-8(13)3-2-4-9-7-10(14)5-6-11(9)12;1-9(13)4-2-5-10-6-3-7-11(12)8-10;1-9(13)3-2-4-10-5-7-11(12)8-6-10/h3-4,6,11,13-15H,2,5H2,1H3;4-6,11,13-15H,2-3H2,1H3;2-5,11,13-14H,6-7H2,1H3;5-6,14-15H,2-4H2,1H3;5-6,13-15H,2-4H2,1H3;2*5-7,13-14H,2-4H2,1H3;3,6-8,13H,2,4-5H2,1H3;5-8,13H,2-4H2,1H3/t3*11-;;;;;;/m000....../s1/i3*12-4;12+4,13+4;5*12+4. The maximum Gasteiger partial charge on any atom is 0.160 e. The van der Waals surface area contributed by atoms with Gasteiger partial charge in [0.1, 0.15) is 28.7 Å². The third kappa shape index (κ3) is 59.6. The van der Waals surface area contributed by atoms with Crippen molar-refractivity contribution in [3.8, 4) is 40.2 Å². The van der Waals surface area contributed by atoms with E-state index in [0.717, 1.165) is 182 Å². The third-order valence-corrected chi connectivity index (χ3v) is 25.4. The lowest BCUT2D eigenvalue weighted by Crippen LogP contribution is -2.01. The Hall–Kier alpha value is -4.96. The lowest BCUT2D eigenvalue weighted by Gasteiger charge is -2.12. The first-order chi connectivity index (χ1) is 60.1. The number of aliphatic hydroxyl groups excluding tert-OH is 3. The van der Waals surface area contributed by atoms with Gasteiger partial charge in [-0.3, -0.25) is 0 Å². The van der Waals surface area contributed by atoms with Crippen LogP contribution in [0.2, 0.25) is 0 Å². The molecule has 0 saturated heterocycles. The van der Waals surface area contributed by atoms with E-state index in [9.17, 15) is 51.1 Å². The van der Waals surface area contributed by atoms with E-state index in [1.54, 1.807) is 76.2 Å². The lowest BCUT2D eigenvalue weighted by atomic mass is 10.0. The summed E-state index contributed by atoms with van der Waals surface area (Å²) in [6.45, 7) is 16.2.